The standard InChI is InChI=1S/C38H27NS2/c1-3-10-31(11-4-1)39(32-12-5-2-6-13-32)33-26-22-29(23-27-33)19-18-28-20-24-30(25-21-28)34-14-9-17-37-38(34)41-36-16-8-7-15-35(36)40-37/h1-27H/b19-18+. The van der Waals surface area contributed by atoms with Gasteiger partial charge in [0.05, 0.1) is 0 Å². The summed E-state index contributed by atoms with van der Waals surface area (Å²) in [5.41, 5.74) is 8.31. The maximum atomic E-state index is 2.28. The van der Waals surface area contributed by atoms with E-state index in [-0.39, 0.29) is 0 Å². The predicted octanol–water partition coefficient (Wildman–Crippen LogP) is 11.6. The van der Waals surface area contributed by atoms with Crippen molar-refractivity contribution in [1.82, 2.24) is 0 Å². The zero-order valence-electron chi connectivity index (χ0n) is 22.4. The minimum atomic E-state index is 1.13. The average molecular weight is 562 g/mol. The van der Waals surface area contributed by atoms with Crippen molar-refractivity contribution in [2.75, 3.05) is 4.90 Å². The Balaban J connectivity index is 1.10. The van der Waals surface area contributed by atoms with Crippen LogP contribution in [0.2, 0.25) is 0 Å². The van der Waals surface area contributed by atoms with Crippen LogP contribution >= 0.6 is 23.5 Å². The first-order valence-electron chi connectivity index (χ1n) is 13.7. The first-order chi connectivity index (χ1) is 20.3. The van der Waals surface area contributed by atoms with Crippen LogP contribution in [0, 0.1) is 0 Å². The summed E-state index contributed by atoms with van der Waals surface area (Å²) in [6.07, 6.45) is 4.37. The SMILES string of the molecule is C(=C\c1ccc(N(c2ccccc2)c2ccccc2)cc1)/c1ccc(-c2cccc3c2Sc2ccccc2S3)cc1. The van der Waals surface area contributed by atoms with E-state index in [4.69, 9.17) is 0 Å². The fourth-order valence-corrected chi connectivity index (χ4v) is 7.48. The second kappa shape index (κ2) is 11.6. The summed E-state index contributed by atoms with van der Waals surface area (Å²) in [5.74, 6) is 0. The Hall–Kier alpha value is -4.44. The second-order valence-electron chi connectivity index (χ2n) is 9.84. The van der Waals surface area contributed by atoms with Crippen LogP contribution in [-0.2, 0) is 0 Å². The molecule has 3 heteroatoms. The van der Waals surface area contributed by atoms with Crippen molar-refractivity contribution in [1.29, 1.82) is 0 Å². The normalized spacial score (nSPS) is 12.1. The average Bonchev–Trinajstić information content (AvgIpc) is 3.04. The van der Waals surface area contributed by atoms with E-state index >= 15 is 0 Å². The van der Waals surface area contributed by atoms with Crippen LogP contribution in [0.15, 0.2) is 171 Å². The summed E-state index contributed by atoms with van der Waals surface area (Å²) in [5, 5.41) is 0. The molecular weight excluding hydrogens is 535 g/mol. The summed E-state index contributed by atoms with van der Waals surface area (Å²) in [7, 11) is 0. The van der Waals surface area contributed by atoms with Gasteiger partial charge in [0.2, 0.25) is 0 Å². The predicted molar refractivity (Wildman–Crippen MR) is 177 cm³/mol. The van der Waals surface area contributed by atoms with Gasteiger partial charge >= 0.3 is 0 Å². The molecule has 41 heavy (non-hydrogen) atoms. The molecule has 1 heterocycles. The lowest BCUT2D eigenvalue weighted by atomic mass is 10.0. The van der Waals surface area contributed by atoms with Gasteiger partial charge in [0, 0.05) is 36.6 Å². The van der Waals surface area contributed by atoms with Crippen molar-refractivity contribution in [3.05, 3.63) is 163 Å². The van der Waals surface area contributed by atoms with Crippen LogP contribution < -0.4 is 4.90 Å². The molecule has 0 atom stereocenters. The summed E-state index contributed by atoms with van der Waals surface area (Å²) in [6.45, 7) is 0. The number of hydrogen-bond acceptors (Lipinski definition) is 3. The van der Waals surface area contributed by atoms with Gasteiger partial charge in [-0.25, -0.2) is 0 Å². The Kier molecular flexibility index (Phi) is 7.21. The molecule has 0 N–H and O–H groups in total. The Morgan fingerprint density at radius 2 is 0.878 bits per heavy atom. The maximum Gasteiger partial charge on any atom is 0.0462 e. The summed E-state index contributed by atoms with van der Waals surface area (Å²) in [4.78, 5) is 7.63. The van der Waals surface area contributed by atoms with Crippen molar-refractivity contribution < 1.29 is 0 Å². The lowest BCUT2D eigenvalue weighted by Crippen LogP contribution is -2.09. The minimum absolute atomic E-state index is 1.13. The van der Waals surface area contributed by atoms with E-state index in [1.807, 2.05) is 23.5 Å². The zero-order valence-corrected chi connectivity index (χ0v) is 24.0. The minimum Gasteiger partial charge on any atom is -0.311 e. The van der Waals surface area contributed by atoms with Crippen LogP contribution in [0.1, 0.15) is 11.1 Å². The van der Waals surface area contributed by atoms with Crippen molar-refractivity contribution in [2.24, 2.45) is 0 Å². The molecule has 0 radical (unpaired) electrons. The lowest BCUT2D eigenvalue weighted by Gasteiger charge is -2.25. The first-order valence-corrected chi connectivity index (χ1v) is 15.3. The van der Waals surface area contributed by atoms with Crippen LogP contribution in [0.25, 0.3) is 23.3 Å². The molecule has 0 bridgehead atoms. The quantitative estimate of drug-likeness (QED) is 0.186. The molecule has 1 aliphatic heterocycles. The molecule has 0 aromatic heterocycles. The highest BCUT2D eigenvalue weighted by Crippen LogP contribution is 2.51. The van der Waals surface area contributed by atoms with E-state index in [0.29, 0.717) is 0 Å². The van der Waals surface area contributed by atoms with Gasteiger partial charge in [-0.1, -0.05) is 133 Å². The number of para-hydroxylation sites is 2. The highest BCUT2D eigenvalue weighted by atomic mass is 32.2. The number of benzene rings is 6. The molecule has 1 nitrogen and oxygen atoms in total. The van der Waals surface area contributed by atoms with Gasteiger partial charge in [-0.15, -0.1) is 0 Å². The number of anilines is 3. The molecule has 196 valence electrons. The molecule has 0 aliphatic carbocycles. The summed E-state index contributed by atoms with van der Waals surface area (Å²) < 4.78 is 0. The largest absolute Gasteiger partial charge is 0.311 e. The van der Waals surface area contributed by atoms with E-state index in [0.717, 1.165) is 17.1 Å². The number of fused-ring (bicyclic) bond motifs is 2. The molecule has 6 aromatic carbocycles. The molecule has 0 unspecified atom stereocenters. The van der Waals surface area contributed by atoms with Crippen LogP contribution in [0.3, 0.4) is 0 Å². The molecular formula is C38H27NS2. The van der Waals surface area contributed by atoms with Crippen LogP contribution in [0.4, 0.5) is 17.1 Å². The topological polar surface area (TPSA) is 3.24 Å². The maximum absolute atomic E-state index is 2.28. The molecule has 6 aromatic rings. The van der Waals surface area contributed by atoms with Crippen molar-refractivity contribution in [3.8, 4) is 11.1 Å². The smallest absolute Gasteiger partial charge is 0.0462 e. The first kappa shape index (κ1) is 25.5. The van der Waals surface area contributed by atoms with Gasteiger partial charge in [0.1, 0.15) is 0 Å². The van der Waals surface area contributed by atoms with E-state index in [1.165, 1.54) is 41.8 Å². The lowest BCUT2D eigenvalue weighted by molar-refractivity contribution is 1.16. The van der Waals surface area contributed by atoms with Gasteiger partial charge in [0.15, 0.2) is 0 Å². The Labute approximate surface area is 250 Å². The third-order valence-electron chi connectivity index (χ3n) is 7.13. The van der Waals surface area contributed by atoms with Gasteiger partial charge in [0.25, 0.3) is 0 Å². The third-order valence-corrected chi connectivity index (χ3v) is 9.74. The fourth-order valence-electron chi connectivity index (χ4n) is 5.08. The van der Waals surface area contributed by atoms with Gasteiger partial charge < -0.3 is 4.90 Å². The Morgan fingerprint density at radius 1 is 0.390 bits per heavy atom. The number of nitrogens with zero attached hydrogens (tertiary/aromatic N) is 1. The molecule has 0 saturated heterocycles. The second-order valence-corrected chi connectivity index (χ2v) is 12.0. The van der Waals surface area contributed by atoms with E-state index in [9.17, 15) is 0 Å². The fraction of sp³-hybridized carbons (Fsp3) is 0. The highest BCUT2D eigenvalue weighted by Gasteiger charge is 2.20. The third kappa shape index (κ3) is 5.47. The summed E-state index contributed by atoms with van der Waals surface area (Å²) >= 11 is 3.74. The number of rotatable bonds is 6. The monoisotopic (exact) mass is 561 g/mol. The van der Waals surface area contributed by atoms with Crippen LogP contribution in [0.5, 0.6) is 0 Å². The van der Waals surface area contributed by atoms with Crippen molar-refractivity contribution >= 4 is 52.7 Å². The molecule has 0 spiro atoms. The van der Waals surface area contributed by atoms with Gasteiger partial charge in [-0.2, -0.15) is 0 Å². The van der Waals surface area contributed by atoms with Gasteiger partial charge in [-0.05, 0) is 76.9 Å². The molecule has 0 saturated carbocycles. The highest BCUT2D eigenvalue weighted by molar-refractivity contribution is 8.05. The molecule has 0 amide bonds. The zero-order chi connectivity index (χ0) is 27.4. The van der Waals surface area contributed by atoms with E-state index < -0.39 is 0 Å². The number of hydrogen-bond donors (Lipinski definition) is 0. The Morgan fingerprint density at radius 3 is 1.49 bits per heavy atom. The van der Waals surface area contributed by atoms with E-state index in [1.54, 1.807) is 0 Å². The molecule has 1 aliphatic rings. The molecule has 0 fully saturated rings. The Bertz CT molecular complexity index is 1770. The van der Waals surface area contributed by atoms with Gasteiger partial charge in [-0.3, -0.25) is 0 Å². The van der Waals surface area contributed by atoms with E-state index in [2.05, 4.69) is 169 Å². The molecule has 7 rings (SSSR count). The van der Waals surface area contributed by atoms with Crippen molar-refractivity contribution in [2.45, 2.75) is 19.6 Å². The van der Waals surface area contributed by atoms with Crippen LogP contribution in [-0.4, -0.2) is 0 Å². The van der Waals surface area contributed by atoms with Crippen molar-refractivity contribution in [3.63, 3.8) is 0 Å². The summed E-state index contributed by atoms with van der Waals surface area (Å²) in [6, 6.07) is 53.9.